The van der Waals surface area contributed by atoms with Gasteiger partial charge in [-0.2, -0.15) is 0 Å². The maximum atomic E-state index is 14.0. The Labute approximate surface area is 119 Å². The van der Waals surface area contributed by atoms with Gasteiger partial charge in [-0.25, -0.2) is 21.6 Å². The van der Waals surface area contributed by atoms with Crippen molar-refractivity contribution in [3.8, 4) is 0 Å². The van der Waals surface area contributed by atoms with Gasteiger partial charge in [0, 0.05) is 12.1 Å². The second-order valence-electron chi connectivity index (χ2n) is 4.16. The van der Waals surface area contributed by atoms with Gasteiger partial charge in [-0.1, -0.05) is 6.07 Å². The average Bonchev–Trinajstić information content (AvgIpc) is 2.38. The van der Waals surface area contributed by atoms with Gasteiger partial charge in [0.1, 0.15) is 16.5 Å². The molecule has 0 saturated carbocycles. The molecule has 4 nitrogen and oxygen atoms in total. The molecule has 0 aliphatic carbocycles. The maximum absolute atomic E-state index is 14.0. The van der Waals surface area contributed by atoms with Crippen LogP contribution in [-0.2, 0) is 16.6 Å². The summed E-state index contributed by atoms with van der Waals surface area (Å²) in [6, 6.07) is 6.24. The molecule has 2 aromatic rings. The van der Waals surface area contributed by atoms with E-state index in [1.54, 1.807) is 0 Å². The summed E-state index contributed by atoms with van der Waals surface area (Å²) < 4.78 is 66.5. The Bertz CT molecular complexity index is 779. The Morgan fingerprint density at radius 2 is 1.81 bits per heavy atom. The van der Waals surface area contributed by atoms with Gasteiger partial charge in [-0.15, -0.1) is 0 Å². The van der Waals surface area contributed by atoms with Crippen LogP contribution in [-0.4, -0.2) is 8.42 Å². The third kappa shape index (κ3) is 3.17. The van der Waals surface area contributed by atoms with Gasteiger partial charge in [-0.3, -0.25) is 4.72 Å². The molecule has 21 heavy (non-hydrogen) atoms. The number of hydrogen-bond acceptors (Lipinski definition) is 3. The molecule has 0 saturated heterocycles. The summed E-state index contributed by atoms with van der Waals surface area (Å²) in [5, 5.41) is 0. The number of sulfonamides is 1. The molecule has 0 spiro atoms. The lowest BCUT2D eigenvalue weighted by molar-refractivity contribution is 0.530. The van der Waals surface area contributed by atoms with Crippen LogP contribution in [0.4, 0.5) is 18.9 Å². The van der Waals surface area contributed by atoms with Crippen molar-refractivity contribution in [1.82, 2.24) is 0 Å². The Kier molecular flexibility index (Phi) is 4.19. The third-order valence-corrected chi connectivity index (χ3v) is 4.12. The van der Waals surface area contributed by atoms with Crippen LogP contribution in [0.2, 0.25) is 0 Å². The zero-order valence-corrected chi connectivity index (χ0v) is 11.4. The van der Waals surface area contributed by atoms with Crippen LogP contribution >= 0.6 is 0 Å². The first kappa shape index (κ1) is 15.3. The maximum Gasteiger partial charge on any atom is 0.264 e. The number of halogens is 3. The van der Waals surface area contributed by atoms with Gasteiger partial charge in [-0.05, 0) is 30.3 Å². The Hall–Kier alpha value is -2.06. The molecule has 0 bridgehead atoms. The van der Waals surface area contributed by atoms with Crippen molar-refractivity contribution in [3.63, 3.8) is 0 Å². The summed E-state index contributed by atoms with van der Waals surface area (Å²) in [5.74, 6) is -2.85. The van der Waals surface area contributed by atoms with E-state index in [1.165, 1.54) is 12.1 Å². The molecule has 3 N–H and O–H groups in total. The smallest absolute Gasteiger partial charge is 0.264 e. The molecule has 0 radical (unpaired) electrons. The minimum Gasteiger partial charge on any atom is -0.326 e. The summed E-state index contributed by atoms with van der Waals surface area (Å²) in [5.41, 5.74) is 4.58. The van der Waals surface area contributed by atoms with Crippen molar-refractivity contribution in [2.75, 3.05) is 4.72 Å². The van der Waals surface area contributed by atoms with Crippen LogP contribution in [0.1, 0.15) is 5.56 Å². The first-order valence-corrected chi connectivity index (χ1v) is 7.29. The van der Waals surface area contributed by atoms with Crippen molar-refractivity contribution < 1.29 is 21.6 Å². The van der Waals surface area contributed by atoms with Crippen molar-refractivity contribution >= 4 is 15.7 Å². The first-order chi connectivity index (χ1) is 9.85. The van der Waals surface area contributed by atoms with Crippen molar-refractivity contribution in [1.29, 1.82) is 0 Å². The van der Waals surface area contributed by atoms with Gasteiger partial charge in [0.05, 0.1) is 5.69 Å². The molecule has 0 heterocycles. The first-order valence-electron chi connectivity index (χ1n) is 5.80. The van der Waals surface area contributed by atoms with E-state index in [-0.39, 0.29) is 5.69 Å². The molecule has 0 amide bonds. The van der Waals surface area contributed by atoms with Crippen molar-refractivity contribution in [2.45, 2.75) is 11.4 Å². The van der Waals surface area contributed by atoms with Crippen molar-refractivity contribution in [2.24, 2.45) is 5.73 Å². The standard InChI is InChI=1S/C13H11F3N2O2S/c14-8-2-1-3-9(6-8)18-21(19,20)12-5-4-11(15)10(7-17)13(12)16/h1-6,18H,7,17H2. The predicted molar refractivity (Wildman–Crippen MR) is 71.5 cm³/mol. The molecule has 2 rings (SSSR count). The molecule has 112 valence electrons. The summed E-state index contributed by atoms with van der Waals surface area (Å²) >= 11 is 0. The van der Waals surface area contributed by atoms with E-state index in [0.717, 1.165) is 24.3 Å². The van der Waals surface area contributed by atoms with Gasteiger partial charge >= 0.3 is 0 Å². The van der Waals surface area contributed by atoms with E-state index in [4.69, 9.17) is 5.73 Å². The van der Waals surface area contributed by atoms with Crippen LogP contribution < -0.4 is 10.5 Å². The number of nitrogens with two attached hydrogens (primary N) is 1. The molecule has 0 aromatic heterocycles. The summed E-state index contributed by atoms with van der Waals surface area (Å²) in [6.07, 6.45) is 0. The minimum atomic E-state index is -4.32. The van der Waals surface area contributed by atoms with Crippen LogP contribution in [0.5, 0.6) is 0 Å². The molecule has 0 unspecified atom stereocenters. The van der Waals surface area contributed by atoms with Crippen LogP contribution in [0.15, 0.2) is 41.3 Å². The highest BCUT2D eigenvalue weighted by Crippen LogP contribution is 2.23. The lowest BCUT2D eigenvalue weighted by Crippen LogP contribution is -2.17. The fourth-order valence-corrected chi connectivity index (χ4v) is 2.89. The quantitative estimate of drug-likeness (QED) is 0.909. The Morgan fingerprint density at radius 3 is 2.43 bits per heavy atom. The van der Waals surface area contributed by atoms with Crippen LogP contribution in [0, 0.1) is 17.5 Å². The molecule has 0 aliphatic rings. The third-order valence-electron chi connectivity index (χ3n) is 2.72. The lowest BCUT2D eigenvalue weighted by atomic mass is 10.2. The second-order valence-corrected chi connectivity index (χ2v) is 5.81. The number of anilines is 1. The number of nitrogens with one attached hydrogen (secondary N) is 1. The fraction of sp³-hybridized carbons (Fsp3) is 0.0769. The summed E-state index contributed by atoms with van der Waals surface area (Å²) in [4.78, 5) is -0.756. The Balaban J connectivity index is 2.45. The van der Waals surface area contributed by atoms with E-state index >= 15 is 0 Å². The molecule has 0 atom stereocenters. The second kappa shape index (κ2) is 5.74. The minimum absolute atomic E-state index is 0.0759. The molecule has 2 aromatic carbocycles. The Morgan fingerprint density at radius 1 is 1.10 bits per heavy atom. The van der Waals surface area contributed by atoms with Gasteiger partial charge in [0.2, 0.25) is 0 Å². The predicted octanol–water partition coefficient (Wildman–Crippen LogP) is 2.36. The zero-order chi connectivity index (χ0) is 15.6. The topological polar surface area (TPSA) is 72.2 Å². The average molecular weight is 316 g/mol. The highest BCUT2D eigenvalue weighted by Gasteiger charge is 2.23. The van der Waals surface area contributed by atoms with E-state index in [2.05, 4.69) is 0 Å². The van der Waals surface area contributed by atoms with Crippen molar-refractivity contribution in [3.05, 3.63) is 59.4 Å². The fourth-order valence-electron chi connectivity index (χ4n) is 1.73. The van der Waals surface area contributed by atoms with Crippen LogP contribution in [0.25, 0.3) is 0 Å². The monoisotopic (exact) mass is 316 g/mol. The molecule has 0 fully saturated rings. The van der Waals surface area contributed by atoms with Gasteiger partial charge in [0.15, 0.2) is 5.82 Å². The van der Waals surface area contributed by atoms with Gasteiger partial charge in [0.25, 0.3) is 10.0 Å². The number of hydrogen-bond donors (Lipinski definition) is 2. The zero-order valence-electron chi connectivity index (χ0n) is 10.6. The normalized spacial score (nSPS) is 11.4. The lowest BCUT2D eigenvalue weighted by Gasteiger charge is -2.11. The van der Waals surface area contributed by atoms with E-state index in [9.17, 15) is 21.6 Å². The SMILES string of the molecule is NCc1c(F)ccc(S(=O)(=O)Nc2cccc(F)c2)c1F. The van der Waals surface area contributed by atoms with E-state index in [0.29, 0.717) is 0 Å². The molecular formula is C13H11F3N2O2S. The van der Waals surface area contributed by atoms with Crippen LogP contribution in [0.3, 0.4) is 0 Å². The highest BCUT2D eigenvalue weighted by molar-refractivity contribution is 7.92. The molecule has 0 aliphatic heterocycles. The number of benzene rings is 2. The van der Waals surface area contributed by atoms with Gasteiger partial charge < -0.3 is 5.73 Å². The van der Waals surface area contributed by atoms with E-state index < -0.39 is 44.5 Å². The summed E-state index contributed by atoms with van der Waals surface area (Å²) in [6.45, 7) is -0.485. The largest absolute Gasteiger partial charge is 0.326 e. The number of rotatable bonds is 4. The summed E-state index contributed by atoms with van der Waals surface area (Å²) in [7, 11) is -4.32. The highest BCUT2D eigenvalue weighted by atomic mass is 32.2. The molecular weight excluding hydrogens is 305 g/mol. The van der Waals surface area contributed by atoms with E-state index in [1.807, 2.05) is 4.72 Å². The molecule has 8 heteroatoms.